The summed E-state index contributed by atoms with van der Waals surface area (Å²) in [4.78, 5) is 24.1. The predicted octanol–water partition coefficient (Wildman–Crippen LogP) is 0.207. The zero-order valence-electron chi connectivity index (χ0n) is 11.0. The second-order valence-corrected chi connectivity index (χ2v) is 4.23. The molecule has 2 rings (SSSR count). The van der Waals surface area contributed by atoms with E-state index < -0.39 is 12.0 Å². The molecule has 8 heteroatoms. The Morgan fingerprint density at radius 1 is 1.30 bits per heavy atom. The monoisotopic (exact) mass is 275 g/mol. The lowest BCUT2D eigenvalue weighted by Gasteiger charge is -2.21. The van der Waals surface area contributed by atoms with Crippen molar-refractivity contribution < 1.29 is 14.7 Å². The summed E-state index contributed by atoms with van der Waals surface area (Å²) in [5.74, 6) is -1.41. The van der Waals surface area contributed by atoms with Gasteiger partial charge < -0.3 is 10.0 Å². The molecule has 0 saturated carbocycles. The van der Waals surface area contributed by atoms with Crippen LogP contribution in [-0.2, 0) is 4.79 Å². The van der Waals surface area contributed by atoms with Crippen LogP contribution in [0.1, 0.15) is 17.3 Å². The first kappa shape index (κ1) is 13.7. The van der Waals surface area contributed by atoms with E-state index in [1.807, 2.05) is 0 Å². The summed E-state index contributed by atoms with van der Waals surface area (Å²) in [5.41, 5.74) is 1.11. The molecule has 0 aliphatic carbocycles. The molecule has 1 atom stereocenters. The third-order valence-corrected chi connectivity index (χ3v) is 2.99. The van der Waals surface area contributed by atoms with Gasteiger partial charge >= 0.3 is 5.97 Å². The van der Waals surface area contributed by atoms with Gasteiger partial charge in [-0.3, -0.25) is 4.79 Å². The molecule has 20 heavy (non-hydrogen) atoms. The van der Waals surface area contributed by atoms with Crippen molar-refractivity contribution in [1.29, 1.82) is 0 Å². The average molecular weight is 275 g/mol. The largest absolute Gasteiger partial charge is 0.480 e. The maximum atomic E-state index is 12.1. The molecule has 2 aromatic rings. The number of aromatic nitrogens is 4. The number of carbonyl (C=O) groups is 2. The van der Waals surface area contributed by atoms with Crippen molar-refractivity contribution in [3.05, 3.63) is 36.2 Å². The van der Waals surface area contributed by atoms with Crippen molar-refractivity contribution in [2.45, 2.75) is 13.0 Å². The highest BCUT2D eigenvalue weighted by molar-refractivity contribution is 5.96. The van der Waals surface area contributed by atoms with Crippen LogP contribution in [0.3, 0.4) is 0 Å². The number of aliphatic carboxylic acids is 1. The average Bonchev–Trinajstić information content (AvgIpc) is 2.99. The fraction of sp³-hybridized carbons (Fsp3) is 0.250. The molecule has 0 saturated heterocycles. The lowest BCUT2D eigenvalue weighted by atomic mass is 10.1. The van der Waals surface area contributed by atoms with Gasteiger partial charge in [-0.1, -0.05) is 0 Å². The molecule has 1 N–H and O–H groups in total. The highest BCUT2D eigenvalue weighted by Gasteiger charge is 2.22. The summed E-state index contributed by atoms with van der Waals surface area (Å²) < 4.78 is 1.46. The normalized spacial score (nSPS) is 11.9. The minimum absolute atomic E-state index is 0.358. The van der Waals surface area contributed by atoms with Crippen LogP contribution < -0.4 is 0 Å². The Balaban J connectivity index is 2.18. The second-order valence-electron chi connectivity index (χ2n) is 4.23. The molecule has 0 aliphatic rings. The minimum atomic E-state index is -1.05. The first-order chi connectivity index (χ1) is 9.50. The molecule has 1 amide bonds. The van der Waals surface area contributed by atoms with E-state index in [0.717, 1.165) is 0 Å². The second kappa shape index (κ2) is 5.47. The highest BCUT2D eigenvalue weighted by Crippen LogP contribution is 2.11. The number of tetrazole rings is 1. The molecule has 8 nitrogen and oxygen atoms in total. The predicted molar refractivity (Wildman–Crippen MR) is 68.3 cm³/mol. The fourth-order valence-corrected chi connectivity index (χ4v) is 1.58. The highest BCUT2D eigenvalue weighted by atomic mass is 16.4. The Morgan fingerprint density at radius 3 is 2.45 bits per heavy atom. The van der Waals surface area contributed by atoms with E-state index in [2.05, 4.69) is 15.5 Å². The molecular weight excluding hydrogens is 262 g/mol. The Bertz CT molecular complexity index is 609. The number of hydrogen-bond donors (Lipinski definition) is 1. The van der Waals surface area contributed by atoms with Crippen LogP contribution in [0.4, 0.5) is 0 Å². The SMILES string of the molecule is CC(C(=O)O)N(C)C(=O)c1ccc(-n2cnnn2)cc1. The van der Waals surface area contributed by atoms with Gasteiger partial charge in [-0.05, 0) is 41.6 Å². The number of likely N-dealkylation sites (N-methyl/N-ethyl adjacent to an activating group) is 1. The summed E-state index contributed by atoms with van der Waals surface area (Å²) in [6, 6.07) is 5.68. The van der Waals surface area contributed by atoms with Crippen molar-refractivity contribution in [3.63, 3.8) is 0 Å². The molecule has 104 valence electrons. The molecule has 0 bridgehead atoms. The van der Waals surface area contributed by atoms with Gasteiger partial charge in [-0.2, -0.15) is 0 Å². The van der Waals surface area contributed by atoms with Crippen molar-refractivity contribution in [2.75, 3.05) is 7.05 Å². The van der Waals surface area contributed by atoms with Crippen LogP contribution in [0.2, 0.25) is 0 Å². The number of rotatable bonds is 4. The zero-order valence-corrected chi connectivity index (χ0v) is 11.0. The first-order valence-corrected chi connectivity index (χ1v) is 5.84. The van der Waals surface area contributed by atoms with E-state index in [1.54, 1.807) is 24.3 Å². The topological polar surface area (TPSA) is 101 Å². The number of carbonyl (C=O) groups excluding carboxylic acids is 1. The number of nitrogens with zero attached hydrogens (tertiary/aromatic N) is 5. The summed E-state index contributed by atoms with van der Waals surface area (Å²) >= 11 is 0. The smallest absolute Gasteiger partial charge is 0.326 e. The minimum Gasteiger partial charge on any atom is -0.480 e. The number of carboxylic acids is 1. The van der Waals surface area contributed by atoms with Crippen LogP contribution in [0.25, 0.3) is 5.69 Å². The van der Waals surface area contributed by atoms with Gasteiger partial charge in [0.05, 0.1) is 5.69 Å². The number of amides is 1. The van der Waals surface area contributed by atoms with Gasteiger partial charge in [0.15, 0.2) is 0 Å². The van der Waals surface area contributed by atoms with Gasteiger partial charge in [0, 0.05) is 12.6 Å². The van der Waals surface area contributed by atoms with Gasteiger partial charge in [-0.15, -0.1) is 5.10 Å². The maximum absolute atomic E-state index is 12.1. The van der Waals surface area contributed by atoms with Crippen molar-refractivity contribution >= 4 is 11.9 Å². The Kier molecular flexibility index (Phi) is 3.74. The molecule has 1 heterocycles. The number of benzene rings is 1. The van der Waals surface area contributed by atoms with Gasteiger partial charge in [0.2, 0.25) is 0 Å². The van der Waals surface area contributed by atoms with Crippen LogP contribution in [0, 0.1) is 0 Å². The third-order valence-electron chi connectivity index (χ3n) is 2.99. The summed E-state index contributed by atoms with van der Waals surface area (Å²) in [6.45, 7) is 1.45. The summed E-state index contributed by atoms with van der Waals surface area (Å²) in [5, 5.41) is 19.7. The first-order valence-electron chi connectivity index (χ1n) is 5.84. The lowest BCUT2D eigenvalue weighted by Crippen LogP contribution is -2.40. The van der Waals surface area contributed by atoms with E-state index in [9.17, 15) is 9.59 Å². The number of hydrogen-bond acceptors (Lipinski definition) is 5. The molecule has 0 aliphatic heterocycles. The van der Waals surface area contributed by atoms with Crippen molar-refractivity contribution in [2.24, 2.45) is 0 Å². The lowest BCUT2D eigenvalue weighted by molar-refractivity contribution is -0.141. The molecule has 0 spiro atoms. The van der Waals surface area contributed by atoms with Crippen LogP contribution in [0.5, 0.6) is 0 Å². The van der Waals surface area contributed by atoms with Gasteiger partial charge in [0.25, 0.3) is 5.91 Å². The maximum Gasteiger partial charge on any atom is 0.326 e. The van der Waals surface area contributed by atoms with Crippen molar-refractivity contribution in [3.8, 4) is 5.69 Å². The van der Waals surface area contributed by atoms with Crippen LogP contribution in [-0.4, -0.2) is 55.2 Å². The Labute approximate surface area is 114 Å². The van der Waals surface area contributed by atoms with E-state index in [4.69, 9.17) is 5.11 Å². The molecule has 1 aromatic carbocycles. The van der Waals surface area contributed by atoms with Gasteiger partial charge in [0.1, 0.15) is 12.4 Å². The fourth-order valence-electron chi connectivity index (χ4n) is 1.58. The zero-order chi connectivity index (χ0) is 14.7. The van der Waals surface area contributed by atoms with E-state index in [-0.39, 0.29) is 5.91 Å². The molecule has 0 radical (unpaired) electrons. The van der Waals surface area contributed by atoms with Crippen LogP contribution in [0.15, 0.2) is 30.6 Å². The van der Waals surface area contributed by atoms with Crippen LogP contribution >= 0.6 is 0 Å². The van der Waals surface area contributed by atoms with E-state index in [1.165, 1.54) is 29.9 Å². The number of carboxylic acid groups (broad SMARTS) is 1. The molecule has 0 fully saturated rings. The van der Waals surface area contributed by atoms with E-state index >= 15 is 0 Å². The third kappa shape index (κ3) is 2.63. The Hall–Kier alpha value is -2.77. The summed E-state index contributed by atoms with van der Waals surface area (Å²) in [7, 11) is 1.45. The van der Waals surface area contributed by atoms with Crippen molar-refractivity contribution in [1.82, 2.24) is 25.1 Å². The molecular formula is C12H13N5O3. The van der Waals surface area contributed by atoms with E-state index in [0.29, 0.717) is 11.3 Å². The molecule has 1 unspecified atom stereocenters. The quantitative estimate of drug-likeness (QED) is 0.855. The summed E-state index contributed by atoms with van der Waals surface area (Å²) in [6.07, 6.45) is 1.44. The van der Waals surface area contributed by atoms with Gasteiger partial charge in [-0.25, -0.2) is 9.48 Å². The Morgan fingerprint density at radius 2 is 1.95 bits per heavy atom. The standard InChI is InChI=1S/C12H13N5O3/c1-8(12(19)20)16(2)11(18)9-3-5-10(6-4-9)17-7-13-14-15-17/h3-8H,1-2H3,(H,19,20). The molecule has 1 aromatic heterocycles.